The number of carbonyl (C=O) groups is 2. The maximum Gasteiger partial charge on any atom is 0.358 e. The Labute approximate surface area is 146 Å². The van der Waals surface area contributed by atoms with Crippen LogP contribution in [-0.4, -0.2) is 28.3 Å². The number of ether oxygens (including phenoxy) is 1. The fourth-order valence-electron chi connectivity index (χ4n) is 2.75. The van der Waals surface area contributed by atoms with Crippen molar-refractivity contribution in [3.05, 3.63) is 51.5 Å². The number of esters is 1. The van der Waals surface area contributed by atoms with Crippen molar-refractivity contribution in [1.29, 1.82) is 0 Å². The minimum atomic E-state index is -0.990. The highest BCUT2D eigenvalue weighted by atomic mass is 79.9. The van der Waals surface area contributed by atoms with Crippen LogP contribution in [0.4, 0.5) is 4.39 Å². The first-order chi connectivity index (χ1) is 11.3. The van der Waals surface area contributed by atoms with Crippen molar-refractivity contribution in [2.24, 2.45) is 0 Å². The lowest BCUT2D eigenvalue weighted by Gasteiger charge is -2.35. The Hall–Kier alpha value is -2.22. The van der Waals surface area contributed by atoms with Gasteiger partial charge in [-0.2, -0.15) is 5.10 Å². The van der Waals surface area contributed by atoms with Gasteiger partial charge in [0.2, 0.25) is 0 Å². The maximum atomic E-state index is 14.3. The summed E-state index contributed by atoms with van der Waals surface area (Å²) in [5.74, 6) is -1.45. The zero-order valence-corrected chi connectivity index (χ0v) is 14.7. The van der Waals surface area contributed by atoms with Crippen LogP contribution in [0.2, 0.25) is 0 Å². The lowest BCUT2D eigenvalue weighted by atomic mass is 9.89. The number of hydrogen-bond acceptors (Lipinski definition) is 4. The molecule has 0 aliphatic carbocycles. The molecule has 1 aromatic carbocycles. The SMILES string of the molecule is CCOC(=O)c1cc2n(n1)CC(C)(c1cc(Br)ccc1F)NC2=O. The van der Waals surface area contributed by atoms with E-state index in [1.165, 1.54) is 16.8 Å². The quantitative estimate of drug-likeness (QED) is 0.810. The largest absolute Gasteiger partial charge is 0.461 e. The summed E-state index contributed by atoms with van der Waals surface area (Å²) >= 11 is 3.31. The van der Waals surface area contributed by atoms with E-state index in [1.54, 1.807) is 26.0 Å². The summed E-state index contributed by atoms with van der Waals surface area (Å²) in [6, 6.07) is 5.92. The normalized spacial score (nSPS) is 19.6. The molecule has 1 unspecified atom stereocenters. The summed E-state index contributed by atoms with van der Waals surface area (Å²) in [4.78, 5) is 24.2. The van der Waals surface area contributed by atoms with E-state index in [0.29, 0.717) is 10.0 Å². The molecular weight excluding hydrogens is 381 g/mol. The molecule has 1 aliphatic rings. The molecule has 0 bridgehead atoms. The Balaban J connectivity index is 2.01. The van der Waals surface area contributed by atoms with E-state index in [-0.39, 0.29) is 24.5 Å². The number of nitrogens with one attached hydrogen (secondary N) is 1. The van der Waals surface area contributed by atoms with Gasteiger partial charge in [-0.1, -0.05) is 15.9 Å². The number of benzene rings is 1. The van der Waals surface area contributed by atoms with E-state index in [1.807, 2.05) is 0 Å². The van der Waals surface area contributed by atoms with Gasteiger partial charge in [-0.15, -0.1) is 0 Å². The van der Waals surface area contributed by atoms with E-state index in [0.717, 1.165) is 0 Å². The van der Waals surface area contributed by atoms with Crippen molar-refractivity contribution in [2.75, 3.05) is 6.61 Å². The smallest absolute Gasteiger partial charge is 0.358 e. The number of hydrogen-bond donors (Lipinski definition) is 1. The molecule has 2 aromatic rings. The molecule has 8 heteroatoms. The minimum Gasteiger partial charge on any atom is -0.461 e. The molecule has 1 aromatic heterocycles. The second kappa shape index (κ2) is 6.01. The highest BCUT2D eigenvalue weighted by molar-refractivity contribution is 9.10. The van der Waals surface area contributed by atoms with Crippen LogP contribution in [0.15, 0.2) is 28.7 Å². The summed E-state index contributed by atoms with van der Waals surface area (Å²) in [6.45, 7) is 3.81. The predicted molar refractivity (Wildman–Crippen MR) is 87.1 cm³/mol. The van der Waals surface area contributed by atoms with Crippen LogP contribution in [0.25, 0.3) is 0 Å². The van der Waals surface area contributed by atoms with Crippen molar-refractivity contribution in [3.63, 3.8) is 0 Å². The minimum absolute atomic E-state index is 0.0564. The topological polar surface area (TPSA) is 73.2 Å². The number of carbonyl (C=O) groups excluding carboxylic acids is 2. The predicted octanol–water partition coefficient (Wildman–Crippen LogP) is 2.62. The first-order valence-corrected chi connectivity index (χ1v) is 8.16. The van der Waals surface area contributed by atoms with Crippen LogP contribution in [0.1, 0.15) is 40.4 Å². The molecule has 0 fully saturated rings. The van der Waals surface area contributed by atoms with Crippen molar-refractivity contribution in [3.8, 4) is 0 Å². The number of nitrogens with zero attached hydrogens (tertiary/aromatic N) is 2. The van der Waals surface area contributed by atoms with E-state index in [9.17, 15) is 14.0 Å². The zero-order chi connectivity index (χ0) is 17.5. The molecule has 1 amide bonds. The third kappa shape index (κ3) is 2.82. The van der Waals surface area contributed by atoms with Gasteiger partial charge in [0.25, 0.3) is 5.91 Å². The molecule has 1 atom stereocenters. The molecule has 3 rings (SSSR count). The second-order valence-corrected chi connectivity index (χ2v) is 6.62. The maximum absolute atomic E-state index is 14.3. The fraction of sp³-hybridized carbons (Fsp3) is 0.312. The van der Waals surface area contributed by atoms with E-state index < -0.39 is 23.2 Å². The first kappa shape index (κ1) is 16.6. The lowest BCUT2D eigenvalue weighted by molar-refractivity contribution is 0.0517. The molecule has 0 radical (unpaired) electrons. The third-order valence-corrected chi connectivity index (χ3v) is 4.37. The molecule has 1 aliphatic heterocycles. The molecule has 0 spiro atoms. The van der Waals surface area contributed by atoms with Crippen molar-refractivity contribution in [2.45, 2.75) is 25.9 Å². The Kier molecular flexibility index (Phi) is 4.16. The third-order valence-electron chi connectivity index (χ3n) is 3.88. The summed E-state index contributed by atoms with van der Waals surface area (Å²) in [5, 5.41) is 6.94. The summed E-state index contributed by atoms with van der Waals surface area (Å²) in [6.07, 6.45) is 0. The van der Waals surface area contributed by atoms with Gasteiger partial charge >= 0.3 is 5.97 Å². The van der Waals surface area contributed by atoms with Gasteiger partial charge in [0.05, 0.1) is 18.7 Å². The van der Waals surface area contributed by atoms with Gasteiger partial charge in [-0.05, 0) is 32.0 Å². The van der Waals surface area contributed by atoms with Crippen molar-refractivity contribution in [1.82, 2.24) is 15.1 Å². The van der Waals surface area contributed by atoms with E-state index in [4.69, 9.17) is 4.74 Å². The van der Waals surface area contributed by atoms with Gasteiger partial charge in [-0.3, -0.25) is 9.48 Å². The van der Waals surface area contributed by atoms with Crippen molar-refractivity contribution >= 4 is 27.8 Å². The summed E-state index contributed by atoms with van der Waals surface area (Å²) in [5.41, 5.74) is -0.355. The van der Waals surface area contributed by atoms with Gasteiger partial charge < -0.3 is 10.1 Å². The number of amides is 1. The molecule has 0 saturated heterocycles. The van der Waals surface area contributed by atoms with Crippen LogP contribution in [0.3, 0.4) is 0 Å². The van der Waals surface area contributed by atoms with Crippen LogP contribution in [-0.2, 0) is 16.8 Å². The van der Waals surface area contributed by atoms with Crippen molar-refractivity contribution < 1.29 is 18.7 Å². The second-order valence-electron chi connectivity index (χ2n) is 5.70. The highest BCUT2D eigenvalue weighted by Gasteiger charge is 2.39. The molecule has 1 N–H and O–H groups in total. The highest BCUT2D eigenvalue weighted by Crippen LogP contribution is 2.31. The number of fused-ring (bicyclic) bond motifs is 1. The Morgan fingerprint density at radius 1 is 1.50 bits per heavy atom. The Morgan fingerprint density at radius 3 is 2.96 bits per heavy atom. The van der Waals surface area contributed by atoms with Gasteiger partial charge in [0.15, 0.2) is 5.69 Å². The number of halogens is 2. The van der Waals surface area contributed by atoms with Gasteiger partial charge in [-0.25, -0.2) is 9.18 Å². The summed E-state index contributed by atoms with van der Waals surface area (Å²) < 4.78 is 21.3. The standard InChI is InChI=1S/C16H15BrFN3O3/c1-3-24-15(23)12-7-13-14(22)19-16(2,8-21(13)20-12)10-6-9(17)4-5-11(10)18/h4-7H,3,8H2,1-2H3,(H,19,22). The molecule has 24 heavy (non-hydrogen) atoms. The first-order valence-electron chi connectivity index (χ1n) is 7.37. The molecule has 126 valence electrons. The molecular formula is C16H15BrFN3O3. The zero-order valence-electron chi connectivity index (χ0n) is 13.1. The lowest BCUT2D eigenvalue weighted by Crippen LogP contribution is -2.52. The number of aromatic nitrogens is 2. The summed E-state index contributed by atoms with van der Waals surface area (Å²) in [7, 11) is 0. The molecule has 2 heterocycles. The van der Waals surface area contributed by atoms with Gasteiger partial charge in [0.1, 0.15) is 11.5 Å². The van der Waals surface area contributed by atoms with Crippen LogP contribution >= 0.6 is 15.9 Å². The number of rotatable bonds is 3. The van der Waals surface area contributed by atoms with E-state index >= 15 is 0 Å². The van der Waals surface area contributed by atoms with E-state index in [2.05, 4.69) is 26.3 Å². The molecule has 0 saturated carbocycles. The average molecular weight is 396 g/mol. The van der Waals surface area contributed by atoms with Crippen LogP contribution < -0.4 is 5.32 Å². The Bertz CT molecular complexity index is 836. The molecule has 6 nitrogen and oxygen atoms in total. The Morgan fingerprint density at radius 2 is 2.25 bits per heavy atom. The van der Waals surface area contributed by atoms with Crippen LogP contribution in [0, 0.1) is 5.82 Å². The average Bonchev–Trinajstić information content (AvgIpc) is 2.94. The fourth-order valence-corrected chi connectivity index (χ4v) is 3.11. The van der Waals surface area contributed by atoms with Crippen LogP contribution in [0.5, 0.6) is 0 Å². The monoisotopic (exact) mass is 395 g/mol. The van der Waals surface area contributed by atoms with Gasteiger partial charge in [0, 0.05) is 16.1 Å².